The normalized spacial score (nSPS) is 21.3. The number of ether oxygens (including phenoxy) is 1. The van der Waals surface area contributed by atoms with Crippen molar-refractivity contribution in [3.8, 4) is 0 Å². The molecule has 1 heterocycles. The molecule has 0 aromatic heterocycles. The van der Waals surface area contributed by atoms with Gasteiger partial charge in [0.2, 0.25) is 0 Å². The monoisotopic (exact) mass is 416 g/mol. The molecule has 0 bridgehead atoms. The van der Waals surface area contributed by atoms with Crippen molar-refractivity contribution in [2.75, 3.05) is 20.1 Å². The van der Waals surface area contributed by atoms with Crippen LogP contribution in [0.25, 0.3) is 0 Å². The van der Waals surface area contributed by atoms with Gasteiger partial charge in [-0.2, -0.15) is 0 Å². The number of carbonyl (C=O) groups is 1. The van der Waals surface area contributed by atoms with Gasteiger partial charge >= 0.3 is 0 Å². The van der Waals surface area contributed by atoms with Crippen LogP contribution in [0.5, 0.6) is 0 Å². The van der Waals surface area contributed by atoms with Crippen LogP contribution in [0.1, 0.15) is 70.3 Å². The van der Waals surface area contributed by atoms with Crippen molar-refractivity contribution >= 4 is 11.9 Å². The van der Waals surface area contributed by atoms with Gasteiger partial charge in [0.1, 0.15) is 0 Å². The van der Waals surface area contributed by atoms with Crippen LogP contribution < -0.4 is 10.6 Å². The van der Waals surface area contributed by atoms with E-state index in [1.807, 2.05) is 43.0 Å². The molecule has 1 amide bonds. The fourth-order valence-electron chi connectivity index (χ4n) is 3.63. The van der Waals surface area contributed by atoms with Crippen LogP contribution in [-0.2, 0) is 11.3 Å². The smallest absolute Gasteiger partial charge is 0.254 e. The summed E-state index contributed by atoms with van der Waals surface area (Å²) in [6.07, 6.45) is 2.41. The Labute approximate surface area is 182 Å². The van der Waals surface area contributed by atoms with E-state index in [2.05, 4.69) is 43.3 Å². The van der Waals surface area contributed by atoms with Crippen molar-refractivity contribution in [2.45, 2.75) is 79.2 Å². The Hall–Kier alpha value is -2.08. The van der Waals surface area contributed by atoms with Gasteiger partial charge in [-0.05, 0) is 56.7 Å². The van der Waals surface area contributed by atoms with E-state index in [0.29, 0.717) is 31.1 Å². The summed E-state index contributed by atoms with van der Waals surface area (Å²) in [5.74, 6) is 0.870. The van der Waals surface area contributed by atoms with Gasteiger partial charge in [-0.25, -0.2) is 0 Å². The molecule has 2 N–H and O–H groups in total. The second-order valence-electron chi connectivity index (χ2n) is 9.73. The van der Waals surface area contributed by atoms with Gasteiger partial charge in [0.05, 0.1) is 12.2 Å². The molecule has 2 rings (SSSR count). The minimum Gasteiger partial charge on any atom is -0.372 e. The average molecular weight is 417 g/mol. The first-order valence-electron chi connectivity index (χ1n) is 11.1. The van der Waals surface area contributed by atoms with Gasteiger partial charge in [0, 0.05) is 38.3 Å². The van der Waals surface area contributed by atoms with Crippen LogP contribution >= 0.6 is 0 Å². The Bertz CT molecular complexity index is 699. The molecule has 0 saturated carbocycles. The second kappa shape index (κ2) is 10.8. The summed E-state index contributed by atoms with van der Waals surface area (Å²) in [5.41, 5.74) is 2.17. The maximum absolute atomic E-state index is 12.8. The highest BCUT2D eigenvalue weighted by molar-refractivity contribution is 5.94. The highest BCUT2D eigenvalue weighted by Crippen LogP contribution is 2.21. The van der Waals surface area contributed by atoms with Crippen LogP contribution in [0.15, 0.2) is 29.3 Å². The van der Waals surface area contributed by atoms with Crippen molar-refractivity contribution < 1.29 is 9.53 Å². The van der Waals surface area contributed by atoms with E-state index >= 15 is 0 Å². The molecule has 0 radical (unpaired) electrons. The van der Waals surface area contributed by atoms with Gasteiger partial charge in [-0.3, -0.25) is 9.79 Å². The maximum Gasteiger partial charge on any atom is 0.254 e. The van der Waals surface area contributed by atoms with E-state index < -0.39 is 0 Å². The van der Waals surface area contributed by atoms with Crippen molar-refractivity contribution in [3.63, 3.8) is 0 Å². The molecular formula is C24H40N4O2. The van der Waals surface area contributed by atoms with Gasteiger partial charge in [0.25, 0.3) is 5.91 Å². The van der Waals surface area contributed by atoms with Crippen molar-refractivity contribution in [1.29, 1.82) is 0 Å². The number of hydrogen-bond acceptors (Lipinski definition) is 3. The number of guanidine groups is 1. The largest absolute Gasteiger partial charge is 0.372 e. The van der Waals surface area contributed by atoms with Crippen LogP contribution in [-0.4, -0.2) is 55.2 Å². The van der Waals surface area contributed by atoms with Gasteiger partial charge in [-0.15, -0.1) is 0 Å². The Morgan fingerprint density at radius 1 is 1.20 bits per heavy atom. The summed E-state index contributed by atoms with van der Waals surface area (Å²) >= 11 is 0. The summed E-state index contributed by atoms with van der Waals surface area (Å²) in [6.45, 7) is 14.9. The van der Waals surface area contributed by atoms with E-state index in [9.17, 15) is 4.79 Å². The predicted octanol–water partition coefficient (Wildman–Crippen LogP) is 3.82. The number of hydrogen-bond donors (Lipinski definition) is 2. The number of aliphatic imine (C=N–C) groups is 1. The molecule has 1 saturated heterocycles. The number of amides is 1. The molecule has 1 aromatic rings. The second-order valence-corrected chi connectivity index (χ2v) is 9.73. The molecule has 1 aromatic carbocycles. The summed E-state index contributed by atoms with van der Waals surface area (Å²) in [5, 5.41) is 6.82. The molecule has 1 aliphatic rings. The molecule has 3 unspecified atom stereocenters. The third kappa shape index (κ3) is 7.98. The molecule has 1 fully saturated rings. The molecule has 0 spiro atoms. The Morgan fingerprint density at radius 3 is 2.33 bits per heavy atom. The zero-order valence-corrected chi connectivity index (χ0v) is 19.8. The van der Waals surface area contributed by atoms with Crippen molar-refractivity contribution in [2.24, 2.45) is 10.4 Å². The fraction of sp³-hybridized carbons (Fsp3) is 0.667. The minimum absolute atomic E-state index is 0.0710. The summed E-state index contributed by atoms with van der Waals surface area (Å²) in [7, 11) is 1.79. The standard InChI is InChI=1S/C24H40N4O2/c1-17(12-13-24(4,5)6)27-23(25-7)26-14-20-8-10-21(11-9-20)22(29)28-15-18(2)30-19(3)16-28/h8-11,17-19H,12-16H2,1-7H3,(H2,25,26,27). The third-order valence-electron chi connectivity index (χ3n) is 5.30. The molecular weight excluding hydrogens is 376 g/mol. The average Bonchev–Trinajstić information content (AvgIpc) is 2.68. The number of morpholine rings is 1. The van der Waals surface area contributed by atoms with Crippen molar-refractivity contribution in [1.82, 2.24) is 15.5 Å². The summed E-state index contributed by atoms with van der Waals surface area (Å²) in [6, 6.07) is 8.18. The van der Waals surface area contributed by atoms with Gasteiger partial charge in [-0.1, -0.05) is 32.9 Å². The number of carbonyl (C=O) groups excluding carboxylic acids is 1. The molecule has 1 aliphatic heterocycles. The first-order chi connectivity index (χ1) is 14.1. The molecule has 0 aliphatic carbocycles. The lowest BCUT2D eigenvalue weighted by Crippen LogP contribution is -2.48. The molecule has 3 atom stereocenters. The maximum atomic E-state index is 12.8. The number of nitrogens with one attached hydrogen (secondary N) is 2. The first kappa shape index (κ1) is 24.2. The summed E-state index contributed by atoms with van der Waals surface area (Å²) in [4.78, 5) is 19.0. The Morgan fingerprint density at radius 2 is 1.80 bits per heavy atom. The van der Waals surface area contributed by atoms with Gasteiger partial charge < -0.3 is 20.3 Å². The third-order valence-corrected chi connectivity index (χ3v) is 5.30. The quantitative estimate of drug-likeness (QED) is 0.547. The topological polar surface area (TPSA) is 66.0 Å². The fourth-order valence-corrected chi connectivity index (χ4v) is 3.63. The van der Waals surface area contributed by atoms with E-state index in [4.69, 9.17) is 4.74 Å². The van der Waals surface area contributed by atoms with Gasteiger partial charge in [0.15, 0.2) is 5.96 Å². The SMILES string of the molecule is CN=C(NCc1ccc(C(=O)N2CC(C)OC(C)C2)cc1)NC(C)CCC(C)(C)C. The molecule has 6 heteroatoms. The lowest BCUT2D eigenvalue weighted by molar-refractivity contribution is -0.0586. The highest BCUT2D eigenvalue weighted by atomic mass is 16.5. The molecule has 30 heavy (non-hydrogen) atoms. The first-order valence-corrected chi connectivity index (χ1v) is 11.1. The van der Waals surface area contributed by atoms with Crippen LogP contribution in [0, 0.1) is 5.41 Å². The summed E-state index contributed by atoms with van der Waals surface area (Å²) < 4.78 is 5.73. The Balaban J connectivity index is 1.85. The highest BCUT2D eigenvalue weighted by Gasteiger charge is 2.26. The van der Waals surface area contributed by atoms with Crippen molar-refractivity contribution in [3.05, 3.63) is 35.4 Å². The van der Waals surface area contributed by atoms with Crippen LogP contribution in [0.3, 0.4) is 0 Å². The number of rotatable bonds is 6. The van der Waals surface area contributed by atoms with E-state index in [0.717, 1.165) is 29.9 Å². The number of nitrogens with zero attached hydrogens (tertiary/aromatic N) is 2. The molecule has 168 valence electrons. The van der Waals surface area contributed by atoms with E-state index in [-0.39, 0.29) is 18.1 Å². The van der Waals surface area contributed by atoms with E-state index in [1.165, 1.54) is 0 Å². The molecule has 6 nitrogen and oxygen atoms in total. The number of benzene rings is 1. The van der Waals surface area contributed by atoms with Crippen LogP contribution in [0.4, 0.5) is 0 Å². The minimum atomic E-state index is 0.0710. The zero-order chi connectivity index (χ0) is 22.3. The lowest BCUT2D eigenvalue weighted by atomic mass is 9.89. The predicted molar refractivity (Wildman–Crippen MR) is 124 cm³/mol. The lowest BCUT2D eigenvalue weighted by Gasteiger charge is -2.35. The van der Waals surface area contributed by atoms with Crippen LogP contribution in [0.2, 0.25) is 0 Å². The Kier molecular flexibility index (Phi) is 8.71. The zero-order valence-electron chi connectivity index (χ0n) is 19.8. The van der Waals surface area contributed by atoms with E-state index in [1.54, 1.807) is 7.05 Å².